The molecule has 2 rings (SSSR count). The monoisotopic (exact) mass is 248 g/mol. The summed E-state index contributed by atoms with van der Waals surface area (Å²) in [6, 6.07) is 7.49. The first-order chi connectivity index (χ1) is 8.59. The van der Waals surface area contributed by atoms with Crippen molar-refractivity contribution in [3.63, 3.8) is 0 Å². The van der Waals surface area contributed by atoms with Gasteiger partial charge >= 0.3 is 5.97 Å². The highest BCUT2D eigenvalue weighted by atomic mass is 16.5. The van der Waals surface area contributed by atoms with Crippen molar-refractivity contribution in [3.05, 3.63) is 30.6 Å². The number of aliphatic carboxylic acids is 1. The summed E-state index contributed by atoms with van der Waals surface area (Å²) in [4.78, 5) is 15.8. The summed E-state index contributed by atoms with van der Waals surface area (Å²) in [7, 11) is 1.56. The molecule has 0 saturated heterocycles. The van der Waals surface area contributed by atoms with Crippen molar-refractivity contribution in [2.75, 3.05) is 13.7 Å². The van der Waals surface area contributed by atoms with Gasteiger partial charge in [-0.1, -0.05) is 12.1 Å². The van der Waals surface area contributed by atoms with Crippen LogP contribution in [0.25, 0.3) is 11.0 Å². The molecule has 0 radical (unpaired) electrons. The molecule has 96 valence electrons. The molecule has 0 aliphatic heterocycles. The molecule has 0 aliphatic carbocycles. The number of methoxy groups -OCH3 is 1. The normalized spacial score (nSPS) is 14.6. The van der Waals surface area contributed by atoms with E-state index >= 15 is 0 Å². The van der Waals surface area contributed by atoms with E-state index in [1.807, 2.05) is 24.3 Å². The maximum Gasteiger partial charge on any atom is 0.329 e. The minimum atomic E-state index is -1.05. The molecule has 0 amide bonds. The lowest BCUT2D eigenvalue weighted by molar-refractivity contribution is -0.147. The molecule has 2 aromatic rings. The van der Waals surface area contributed by atoms with Gasteiger partial charge in [-0.05, 0) is 19.1 Å². The van der Waals surface area contributed by atoms with Crippen molar-refractivity contribution < 1.29 is 14.6 Å². The molecule has 0 aliphatic rings. The summed E-state index contributed by atoms with van der Waals surface area (Å²) in [5.74, 6) is -0.886. The number of hydrogen-bond acceptors (Lipinski definition) is 3. The lowest BCUT2D eigenvalue weighted by atomic mass is 9.98. The van der Waals surface area contributed by atoms with Gasteiger partial charge in [0.15, 0.2) is 0 Å². The molecule has 1 aromatic heterocycles. The molecule has 1 atom stereocenters. The number of nitrogens with zero attached hydrogens (tertiary/aromatic N) is 2. The Morgan fingerprint density at radius 2 is 2.22 bits per heavy atom. The highest BCUT2D eigenvalue weighted by molar-refractivity contribution is 5.82. The molecular weight excluding hydrogens is 232 g/mol. The smallest absolute Gasteiger partial charge is 0.329 e. The van der Waals surface area contributed by atoms with Gasteiger partial charge in [0.05, 0.1) is 17.4 Å². The van der Waals surface area contributed by atoms with Gasteiger partial charge in [0.25, 0.3) is 0 Å². The van der Waals surface area contributed by atoms with Crippen molar-refractivity contribution in [2.45, 2.75) is 18.9 Å². The number of para-hydroxylation sites is 2. The Kier molecular flexibility index (Phi) is 3.34. The first kappa shape index (κ1) is 12.6. The molecule has 0 bridgehead atoms. The lowest BCUT2D eigenvalue weighted by Crippen LogP contribution is -2.39. The third-order valence-corrected chi connectivity index (χ3v) is 3.24. The Labute approximate surface area is 105 Å². The van der Waals surface area contributed by atoms with Crippen LogP contribution in [0.1, 0.15) is 13.3 Å². The van der Waals surface area contributed by atoms with Crippen LogP contribution in [0.4, 0.5) is 0 Å². The second kappa shape index (κ2) is 4.78. The number of benzene rings is 1. The number of fused-ring (bicyclic) bond motifs is 1. The number of carboxylic acids is 1. The summed E-state index contributed by atoms with van der Waals surface area (Å²) in [6.07, 6.45) is 1.97. The molecule has 5 nitrogen and oxygen atoms in total. The van der Waals surface area contributed by atoms with Gasteiger partial charge in [0, 0.05) is 20.1 Å². The lowest BCUT2D eigenvalue weighted by Gasteiger charge is -2.27. The molecule has 1 aromatic carbocycles. The van der Waals surface area contributed by atoms with Gasteiger partial charge < -0.3 is 14.4 Å². The highest BCUT2D eigenvalue weighted by Crippen LogP contribution is 2.26. The Balaban J connectivity index is 2.51. The summed E-state index contributed by atoms with van der Waals surface area (Å²) < 4.78 is 6.70. The predicted octanol–water partition coefficient (Wildman–Crippen LogP) is 1.87. The summed E-state index contributed by atoms with van der Waals surface area (Å²) in [5.41, 5.74) is 0.562. The fourth-order valence-corrected chi connectivity index (χ4v) is 1.98. The Bertz CT molecular complexity index is 564. The van der Waals surface area contributed by atoms with Gasteiger partial charge in [0.1, 0.15) is 5.54 Å². The Morgan fingerprint density at radius 1 is 1.50 bits per heavy atom. The summed E-state index contributed by atoms with van der Waals surface area (Å²) >= 11 is 0. The van der Waals surface area contributed by atoms with E-state index in [-0.39, 0.29) is 0 Å². The summed E-state index contributed by atoms with van der Waals surface area (Å²) in [5, 5.41) is 9.49. The second-order valence-electron chi connectivity index (χ2n) is 4.43. The molecule has 1 heterocycles. The zero-order valence-corrected chi connectivity index (χ0v) is 10.5. The third-order valence-electron chi connectivity index (χ3n) is 3.24. The molecule has 0 fully saturated rings. The minimum Gasteiger partial charge on any atom is -0.479 e. The Morgan fingerprint density at radius 3 is 2.89 bits per heavy atom. The zero-order chi connectivity index (χ0) is 13.2. The zero-order valence-electron chi connectivity index (χ0n) is 10.5. The van der Waals surface area contributed by atoms with E-state index in [1.165, 1.54) is 0 Å². The summed E-state index contributed by atoms with van der Waals surface area (Å²) in [6.45, 7) is 2.07. The molecule has 18 heavy (non-hydrogen) atoms. The number of carboxylic acid groups (broad SMARTS) is 1. The number of hydrogen-bond donors (Lipinski definition) is 1. The number of rotatable bonds is 5. The average Bonchev–Trinajstić information content (AvgIpc) is 2.80. The van der Waals surface area contributed by atoms with Crippen LogP contribution in [0.15, 0.2) is 30.6 Å². The van der Waals surface area contributed by atoms with Gasteiger partial charge in [-0.2, -0.15) is 0 Å². The first-order valence-electron chi connectivity index (χ1n) is 5.74. The molecule has 1 N–H and O–H groups in total. The van der Waals surface area contributed by atoms with Crippen molar-refractivity contribution in [1.82, 2.24) is 9.55 Å². The highest BCUT2D eigenvalue weighted by Gasteiger charge is 2.35. The molecule has 5 heteroatoms. The van der Waals surface area contributed by atoms with Crippen molar-refractivity contribution in [2.24, 2.45) is 0 Å². The van der Waals surface area contributed by atoms with Crippen LogP contribution in [0.5, 0.6) is 0 Å². The van der Waals surface area contributed by atoms with Crippen molar-refractivity contribution >= 4 is 17.0 Å². The SMILES string of the molecule is COCCC(C)(C(=O)O)n1cnc2ccccc21. The van der Waals surface area contributed by atoms with E-state index < -0.39 is 11.5 Å². The topological polar surface area (TPSA) is 64.3 Å². The second-order valence-corrected chi connectivity index (χ2v) is 4.43. The number of carbonyl (C=O) groups is 1. The number of ether oxygens (including phenoxy) is 1. The van der Waals surface area contributed by atoms with Crippen LogP contribution < -0.4 is 0 Å². The number of aromatic nitrogens is 2. The van der Waals surface area contributed by atoms with E-state index in [9.17, 15) is 9.90 Å². The predicted molar refractivity (Wildman–Crippen MR) is 67.5 cm³/mol. The quantitative estimate of drug-likeness (QED) is 0.877. The maximum absolute atomic E-state index is 11.6. The van der Waals surface area contributed by atoms with Gasteiger partial charge in [-0.3, -0.25) is 0 Å². The molecule has 1 unspecified atom stereocenters. The number of imidazole rings is 1. The maximum atomic E-state index is 11.6. The van der Waals surface area contributed by atoms with Crippen LogP contribution in [0.2, 0.25) is 0 Å². The first-order valence-corrected chi connectivity index (χ1v) is 5.74. The molecule has 0 spiro atoms. The standard InChI is InChI=1S/C13H16N2O3/c1-13(12(16)17,7-8-18-2)15-9-14-10-5-3-4-6-11(10)15/h3-6,9H,7-8H2,1-2H3,(H,16,17). The van der Waals surface area contributed by atoms with Gasteiger partial charge in [-0.25, -0.2) is 9.78 Å². The van der Waals surface area contributed by atoms with Crippen LogP contribution in [-0.2, 0) is 15.1 Å². The van der Waals surface area contributed by atoms with E-state index in [1.54, 1.807) is 24.9 Å². The molecular formula is C13H16N2O3. The van der Waals surface area contributed by atoms with E-state index in [0.29, 0.717) is 13.0 Å². The van der Waals surface area contributed by atoms with Crippen LogP contribution in [0.3, 0.4) is 0 Å². The van der Waals surface area contributed by atoms with E-state index in [0.717, 1.165) is 11.0 Å². The third kappa shape index (κ3) is 1.97. The van der Waals surface area contributed by atoms with E-state index in [4.69, 9.17) is 4.74 Å². The average molecular weight is 248 g/mol. The largest absolute Gasteiger partial charge is 0.479 e. The fraction of sp³-hybridized carbons (Fsp3) is 0.385. The minimum absolute atomic E-state index is 0.384. The van der Waals surface area contributed by atoms with E-state index in [2.05, 4.69) is 4.98 Å². The van der Waals surface area contributed by atoms with Crippen LogP contribution in [0, 0.1) is 0 Å². The van der Waals surface area contributed by atoms with Gasteiger partial charge in [0.2, 0.25) is 0 Å². The van der Waals surface area contributed by atoms with Crippen LogP contribution >= 0.6 is 0 Å². The van der Waals surface area contributed by atoms with Crippen molar-refractivity contribution in [3.8, 4) is 0 Å². The van der Waals surface area contributed by atoms with Crippen molar-refractivity contribution in [1.29, 1.82) is 0 Å². The van der Waals surface area contributed by atoms with Gasteiger partial charge in [-0.15, -0.1) is 0 Å². The Hall–Kier alpha value is -1.88. The molecule has 0 saturated carbocycles. The fourth-order valence-electron chi connectivity index (χ4n) is 1.98. The van der Waals surface area contributed by atoms with Crippen LogP contribution in [-0.4, -0.2) is 34.3 Å².